The first-order valence-corrected chi connectivity index (χ1v) is 10.4. The van der Waals surface area contributed by atoms with E-state index in [-0.39, 0.29) is 12.5 Å². The number of amides is 1. The topological polar surface area (TPSA) is 51.2 Å². The van der Waals surface area contributed by atoms with E-state index in [1.807, 2.05) is 12.1 Å². The number of benzene rings is 2. The van der Waals surface area contributed by atoms with Crippen molar-refractivity contribution in [3.05, 3.63) is 70.7 Å². The van der Waals surface area contributed by atoms with Crippen molar-refractivity contribution >= 4 is 17.2 Å². The number of carbonyl (C=O) groups excluding carboxylic acids is 1. The van der Waals surface area contributed by atoms with Crippen LogP contribution in [0.15, 0.2) is 53.9 Å². The van der Waals surface area contributed by atoms with Crippen LogP contribution in [0.3, 0.4) is 0 Å². The standard InChI is InChI=1S/C22H19F3N2O2S/c23-22(24,25)17-3-1-2-15(10-17)12-29-18-8-6-16(7-9-18)21-27-19(13-30-21)20(28)26-11-14-4-5-14/h1-3,6-10,13-14H,4-5,11-12H2,(H,26,28). The van der Waals surface area contributed by atoms with Gasteiger partial charge in [0.25, 0.3) is 5.91 Å². The molecule has 0 aliphatic heterocycles. The van der Waals surface area contributed by atoms with Gasteiger partial charge in [-0.1, -0.05) is 12.1 Å². The Balaban J connectivity index is 1.36. The maximum Gasteiger partial charge on any atom is 0.416 e. The first-order chi connectivity index (χ1) is 14.4. The molecular weight excluding hydrogens is 413 g/mol. The lowest BCUT2D eigenvalue weighted by atomic mass is 10.1. The van der Waals surface area contributed by atoms with Crippen LogP contribution in [0.5, 0.6) is 5.75 Å². The summed E-state index contributed by atoms with van der Waals surface area (Å²) in [5.74, 6) is 0.982. The minimum absolute atomic E-state index is 0.0336. The Bertz CT molecular complexity index is 1030. The molecule has 1 aliphatic carbocycles. The first kappa shape index (κ1) is 20.4. The van der Waals surface area contributed by atoms with Gasteiger partial charge in [-0.15, -0.1) is 11.3 Å². The molecule has 0 radical (unpaired) electrons. The summed E-state index contributed by atoms with van der Waals surface area (Å²) in [7, 11) is 0. The molecule has 4 rings (SSSR count). The Morgan fingerprint density at radius 3 is 2.63 bits per heavy atom. The summed E-state index contributed by atoms with van der Waals surface area (Å²) in [5, 5.41) is 5.35. The highest BCUT2D eigenvalue weighted by molar-refractivity contribution is 7.13. The van der Waals surface area contributed by atoms with Crippen LogP contribution in [-0.4, -0.2) is 17.4 Å². The normalized spacial score (nSPS) is 13.8. The molecule has 1 aromatic heterocycles. The summed E-state index contributed by atoms with van der Waals surface area (Å²) in [6.45, 7) is 0.732. The molecular formula is C22H19F3N2O2S. The molecule has 3 aromatic rings. The molecule has 0 atom stereocenters. The summed E-state index contributed by atoms with van der Waals surface area (Å²) >= 11 is 1.38. The SMILES string of the molecule is O=C(NCC1CC1)c1csc(-c2ccc(OCc3cccc(C(F)(F)F)c3)cc2)n1. The first-order valence-electron chi connectivity index (χ1n) is 9.51. The Morgan fingerprint density at radius 1 is 1.17 bits per heavy atom. The van der Waals surface area contributed by atoms with E-state index in [1.165, 1.54) is 30.2 Å². The van der Waals surface area contributed by atoms with Gasteiger partial charge in [-0.05, 0) is 60.7 Å². The highest BCUT2D eigenvalue weighted by Gasteiger charge is 2.30. The monoisotopic (exact) mass is 432 g/mol. The summed E-state index contributed by atoms with van der Waals surface area (Å²) in [5.41, 5.74) is 0.989. The third-order valence-electron chi connectivity index (χ3n) is 4.75. The van der Waals surface area contributed by atoms with Gasteiger partial charge in [0.15, 0.2) is 0 Å². The fourth-order valence-corrected chi connectivity index (χ4v) is 3.66. The highest BCUT2D eigenvalue weighted by Crippen LogP contribution is 2.30. The number of thiazole rings is 1. The molecule has 0 bridgehead atoms. The fraction of sp³-hybridized carbons (Fsp3) is 0.273. The van der Waals surface area contributed by atoms with Crippen molar-refractivity contribution in [2.45, 2.75) is 25.6 Å². The molecule has 1 amide bonds. The maximum atomic E-state index is 12.8. The largest absolute Gasteiger partial charge is 0.489 e. The van der Waals surface area contributed by atoms with Crippen molar-refractivity contribution < 1.29 is 22.7 Å². The van der Waals surface area contributed by atoms with Crippen LogP contribution in [0.25, 0.3) is 10.6 Å². The number of hydrogen-bond acceptors (Lipinski definition) is 4. The molecule has 1 aliphatic rings. The second-order valence-electron chi connectivity index (χ2n) is 7.20. The minimum Gasteiger partial charge on any atom is -0.489 e. The van der Waals surface area contributed by atoms with Gasteiger partial charge in [0.05, 0.1) is 5.56 Å². The van der Waals surface area contributed by atoms with Gasteiger partial charge < -0.3 is 10.1 Å². The van der Waals surface area contributed by atoms with Crippen molar-refractivity contribution in [3.8, 4) is 16.3 Å². The zero-order valence-electron chi connectivity index (χ0n) is 15.9. The van der Waals surface area contributed by atoms with Gasteiger partial charge in [0, 0.05) is 17.5 Å². The van der Waals surface area contributed by atoms with E-state index in [2.05, 4.69) is 10.3 Å². The predicted octanol–water partition coefficient (Wildman–Crippen LogP) is 5.55. The van der Waals surface area contributed by atoms with Crippen LogP contribution in [0.4, 0.5) is 13.2 Å². The summed E-state index contributed by atoms with van der Waals surface area (Å²) in [6, 6.07) is 12.2. The quantitative estimate of drug-likeness (QED) is 0.533. The minimum atomic E-state index is -4.38. The second kappa shape index (κ2) is 8.47. The molecule has 0 saturated heterocycles. The van der Waals surface area contributed by atoms with E-state index < -0.39 is 11.7 Å². The lowest BCUT2D eigenvalue weighted by Crippen LogP contribution is -2.25. The average Bonchev–Trinajstić information content (AvgIpc) is 3.44. The van der Waals surface area contributed by atoms with Crippen molar-refractivity contribution in [1.82, 2.24) is 10.3 Å². The third-order valence-corrected chi connectivity index (χ3v) is 5.64. The molecule has 30 heavy (non-hydrogen) atoms. The zero-order valence-corrected chi connectivity index (χ0v) is 16.7. The molecule has 1 fully saturated rings. The number of nitrogens with one attached hydrogen (secondary N) is 1. The second-order valence-corrected chi connectivity index (χ2v) is 8.06. The van der Waals surface area contributed by atoms with E-state index in [9.17, 15) is 18.0 Å². The number of aromatic nitrogens is 1. The average molecular weight is 432 g/mol. The van der Waals surface area contributed by atoms with Crippen LogP contribution < -0.4 is 10.1 Å². The van der Waals surface area contributed by atoms with E-state index in [0.29, 0.717) is 29.5 Å². The number of ether oxygens (including phenoxy) is 1. The van der Waals surface area contributed by atoms with E-state index >= 15 is 0 Å². The van der Waals surface area contributed by atoms with Crippen LogP contribution >= 0.6 is 11.3 Å². The summed E-state index contributed by atoms with van der Waals surface area (Å²) in [6.07, 6.45) is -2.03. The van der Waals surface area contributed by atoms with Crippen molar-refractivity contribution in [1.29, 1.82) is 0 Å². The van der Waals surface area contributed by atoms with Gasteiger partial charge in [-0.3, -0.25) is 4.79 Å². The lowest BCUT2D eigenvalue weighted by molar-refractivity contribution is -0.137. The number of hydrogen-bond donors (Lipinski definition) is 1. The van der Waals surface area contributed by atoms with Gasteiger partial charge in [0.2, 0.25) is 0 Å². The van der Waals surface area contributed by atoms with Crippen LogP contribution in [0, 0.1) is 5.92 Å². The highest BCUT2D eigenvalue weighted by atomic mass is 32.1. The van der Waals surface area contributed by atoms with E-state index in [4.69, 9.17) is 4.74 Å². The molecule has 156 valence electrons. The lowest BCUT2D eigenvalue weighted by Gasteiger charge is -2.10. The number of rotatable bonds is 7. The summed E-state index contributed by atoms with van der Waals surface area (Å²) in [4.78, 5) is 16.5. The molecule has 1 saturated carbocycles. The number of halogens is 3. The third kappa shape index (κ3) is 5.18. The fourth-order valence-electron chi connectivity index (χ4n) is 2.86. The van der Waals surface area contributed by atoms with Crippen molar-refractivity contribution in [2.75, 3.05) is 6.54 Å². The van der Waals surface area contributed by atoms with Crippen LogP contribution in [0.2, 0.25) is 0 Å². The van der Waals surface area contributed by atoms with Gasteiger partial charge in [0.1, 0.15) is 23.1 Å². The predicted molar refractivity (Wildman–Crippen MR) is 108 cm³/mol. The number of alkyl halides is 3. The number of nitrogens with zero attached hydrogens (tertiary/aromatic N) is 1. The molecule has 1 N–H and O–H groups in total. The van der Waals surface area contributed by atoms with E-state index in [0.717, 1.165) is 22.7 Å². The Hall–Kier alpha value is -2.87. The van der Waals surface area contributed by atoms with Gasteiger partial charge >= 0.3 is 6.18 Å². The van der Waals surface area contributed by atoms with Crippen LogP contribution in [0.1, 0.15) is 34.5 Å². The van der Waals surface area contributed by atoms with Gasteiger partial charge in [-0.2, -0.15) is 13.2 Å². The maximum absolute atomic E-state index is 12.8. The van der Waals surface area contributed by atoms with Crippen molar-refractivity contribution in [3.63, 3.8) is 0 Å². The van der Waals surface area contributed by atoms with Crippen molar-refractivity contribution in [2.24, 2.45) is 5.92 Å². The van der Waals surface area contributed by atoms with E-state index in [1.54, 1.807) is 23.6 Å². The Kier molecular flexibility index (Phi) is 5.76. The molecule has 2 aromatic carbocycles. The Morgan fingerprint density at radius 2 is 1.93 bits per heavy atom. The smallest absolute Gasteiger partial charge is 0.416 e. The van der Waals surface area contributed by atoms with Gasteiger partial charge in [-0.25, -0.2) is 4.98 Å². The number of carbonyl (C=O) groups is 1. The molecule has 4 nitrogen and oxygen atoms in total. The molecule has 8 heteroatoms. The Labute approximate surface area is 175 Å². The molecule has 1 heterocycles. The summed E-state index contributed by atoms with van der Waals surface area (Å²) < 4.78 is 44.0. The zero-order chi connectivity index (χ0) is 21.1. The molecule has 0 unspecified atom stereocenters. The molecule has 0 spiro atoms. The van der Waals surface area contributed by atoms with Crippen LogP contribution in [-0.2, 0) is 12.8 Å².